The highest BCUT2D eigenvalue weighted by molar-refractivity contribution is 9.10. The fraction of sp³-hybridized carbons (Fsp3) is 0.179. The minimum absolute atomic E-state index is 0.0609. The average molecular weight is 594 g/mol. The van der Waals surface area contributed by atoms with E-state index in [1.54, 1.807) is 11.3 Å². The van der Waals surface area contributed by atoms with Crippen LogP contribution in [-0.4, -0.2) is 53.6 Å². The normalized spacial score (nSPS) is 13.4. The van der Waals surface area contributed by atoms with Crippen molar-refractivity contribution in [2.75, 3.05) is 42.1 Å². The molecule has 3 aromatic carbocycles. The summed E-state index contributed by atoms with van der Waals surface area (Å²) in [5, 5.41) is 4.99. The molecule has 1 N–H and O–H groups in total. The zero-order valence-electron chi connectivity index (χ0n) is 20.0. The largest absolute Gasteiger partial charge is 0.368 e. The van der Waals surface area contributed by atoms with E-state index >= 15 is 0 Å². The predicted octanol–water partition coefficient (Wildman–Crippen LogP) is 6.27. The number of nitrogens with one attached hydrogen (secondary N) is 1. The lowest BCUT2D eigenvalue weighted by Crippen LogP contribution is -2.48. The molecule has 0 bridgehead atoms. The molecule has 37 heavy (non-hydrogen) atoms. The molecule has 6 nitrogen and oxygen atoms in total. The van der Waals surface area contributed by atoms with E-state index in [9.17, 15) is 9.59 Å². The second kappa shape index (κ2) is 11.9. The minimum atomic E-state index is -0.0609. The second-order valence-corrected chi connectivity index (χ2v) is 11.5. The molecule has 2 heterocycles. The SMILES string of the molecule is O=C(CSc1nc(-c2ccccc2)cs1)Nc1ccc(N2CCN(C(=O)c3ccc(Br)cc3)CC2)cc1. The monoisotopic (exact) mass is 592 g/mol. The maximum absolute atomic E-state index is 12.8. The Hall–Kier alpha value is -3.14. The third-order valence-corrected chi connectivity index (χ3v) is 8.60. The van der Waals surface area contributed by atoms with Gasteiger partial charge in [-0.1, -0.05) is 58.0 Å². The molecule has 188 valence electrons. The number of carbonyl (C=O) groups excluding carboxylic acids is 2. The molecule has 0 spiro atoms. The topological polar surface area (TPSA) is 65.5 Å². The van der Waals surface area contributed by atoms with Gasteiger partial charge in [-0.25, -0.2) is 4.98 Å². The van der Waals surface area contributed by atoms with Crippen molar-refractivity contribution in [3.63, 3.8) is 0 Å². The highest BCUT2D eigenvalue weighted by atomic mass is 79.9. The smallest absolute Gasteiger partial charge is 0.253 e. The van der Waals surface area contributed by atoms with Gasteiger partial charge in [0.15, 0.2) is 4.34 Å². The second-order valence-electron chi connectivity index (χ2n) is 8.53. The molecule has 0 radical (unpaired) electrons. The van der Waals surface area contributed by atoms with Crippen LogP contribution in [-0.2, 0) is 4.79 Å². The van der Waals surface area contributed by atoms with Gasteiger partial charge in [-0.3, -0.25) is 9.59 Å². The van der Waals surface area contributed by atoms with E-state index in [0.717, 1.165) is 44.5 Å². The number of rotatable bonds is 7. The number of thiazole rings is 1. The highest BCUT2D eigenvalue weighted by Gasteiger charge is 2.22. The Morgan fingerprint density at radius 1 is 0.919 bits per heavy atom. The summed E-state index contributed by atoms with van der Waals surface area (Å²) in [5.41, 5.74) is 4.57. The van der Waals surface area contributed by atoms with Gasteiger partial charge in [0.1, 0.15) is 0 Å². The number of anilines is 2. The van der Waals surface area contributed by atoms with Gasteiger partial charge in [0.2, 0.25) is 5.91 Å². The number of piperazine rings is 1. The molecular formula is C28H25BrN4O2S2. The fourth-order valence-corrected chi connectivity index (χ4v) is 5.99. The quantitative estimate of drug-likeness (QED) is 0.256. The number of thioether (sulfide) groups is 1. The van der Waals surface area contributed by atoms with Crippen LogP contribution in [0, 0.1) is 0 Å². The predicted molar refractivity (Wildman–Crippen MR) is 156 cm³/mol. The van der Waals surface area contributed by atoms with Gasteiger partial charge in [-0.2, -0.15) is 0 Å². The van der Waals surface area contributed by atoms with Crippen molar-refractivity contribution in [3.8, 4) is 11.3 Å². The van der Waals surface area contributed by atoms with Crippen molar-refractivity contribution in [3.05, 3.63) is 94.3 Å². The fourth-order valence-electron chi connectivity index (χ4n) is 4.09. The molecule has 0 unspecified atom stereocenters. The first kappa shape index (κ1) is 25.5. The summed E-state index contributed by atoms with van der Waals surface area (Å²) in [7, 11) is 0. The Morgan fingerprint density at radius 3 is 2.32 bits per heavy atom. The van der Waals surface area contributed by atoms with Crippen LogP contribution in [0.2, 0.25) is 0 Å². The summed E-state index contributed by atoms with van der Waals surface area (Å²) >= 11 is 6.40. The van der Waals surface area contributed by atoms with E-state index in [4.69, 9.17) is 0 Å². The van der Waals surface area contributed by atoms with Gasteiger partial charge >= 0.3 is 0 Å². The zero-order valence-corrected chi connectivity index (χ0v) is 23.2. The molecule has 1 saturated heterocycles. The maximum Gasteiger partial charge on any atom is 0.253 e. The van der Waals surface area contributed by atoms with Crippen molar-refractivity contribution >= 4 is 62.2 Å². The summed E-state index contributed by atoms with van der Waals surface area (Å²) in [6.07, 6.45) is 0. The van der Waals surface area contributed by atoms with Crippen LogP contribution in [0.5, 0.6) is 0 Å². The Kier molecular flexibility index (Phi) is 8.23. The number of hydrogen-bond acceptors (Lipinski definition) is 6. The zero-order chi connectivity index (χ0) is 25.6. The van der Waals surface area contributed by atoms with Crippen molar-refractivity contribution < 1.29 is 9.59 Å². The molecule has 4 aromatic rings. The number of hydrogen-bond donors (Lipinski definition) is 1. The molecule has 1 fully saturated rings. The third-order valence-electron chi connectivity index (χ3n) is 6.05. The minimum Gasteiger partial charge on any atom is -0.368 e. The molecule has 2 amide bonds. The molecule has 0 aliphatic carbocycles. The number of amides is 2. The van der Waals surface area contributed by atoms with E-state index in [1.807, 2.05) is 89.1 Å². The number of halogens is 1. The number of nitrogens with zero attached hydrogens (tertiary/aromatic N) is 3. The first-order valence-corrected chi connectivity index (χ1v) is 14.5. The third kappa shape index (κ3) is 6.60. The van der Waals surface area contributed by atoms with Crippen LogP contribution < -0.4 is 10.2 Å². The Bertz CT molecular complexity index is 1350. The number of benzene rings is 3. The van der Waals surface area contributed by atoms with Crippen molar-refractivity contribution in [1.82, 2.24) is 9.88 Å². The Morgan fingerprint density at radius 2 is 1.62 bits per heavy atom. The first-order chi connectivity index (χ1) is 18.0. The number of carbonyl (C=O) groups is 2. The molecule has 1 aliphatic rings. The highest BCUT2D eigenvalue weighted by Crippen LogP contribution is 2.28. The molecule has 0 saturated carbocycles. The van der Waals surface area contributed by atoms with Gasteiger partial charge in [0, 0.05) is 58.5 Å². The molecular weight excluding hydrogens is 568 g/mol. The average Bonchev–Trinajstić information content (AvgIpc) is 3.42. The van der Waals surface area contributed by atoms with E-state index in [0.29, 0.717) is 24.4 Å². The van der Waals surface area contributed by atoms with Crippen molar-refractivity contribution in [2.45, 2.75) is 4.34 Å². The van der Waals surface area contributed by atoms with Crippen molar-refractivity contribution in [1.29, 1.82) is 0 Å². The van der Waals surface area contributed by atoms with Crippen LogP contribution in [0.1, 0.15) is 10.4 Å². The molecule has 0 atom stereocenters. The van der Waals surface area contributed by atoms with Crippen molar-refractivity contribution in [2.24, 2.45) is 0 Å². The van der Waals surface area contributed by atoms with Crippen LogP contribution in [0.3, 0.4) is 0 Å². The molecule has 1 aromatic heterocycles. The lowest BCUT2D eigenvalue weighted by molar-refractivity contribution is -0.113. The first-order valence-electron chi connectivity index (χ1n) is 11.9. The summed E-state index contributed by atoms with van der Waals surface area (Å²) in [5.74, 6) is 0.309. The Labute approximate surface area is 232 Å². The van der Waals surface area contributed by atoms with E-state index in [2.05, 4.69) is 31.1 Å². The van der Waals surface area contributed by atoms with Gasteiger partial charge in [0.25, 0.3) is 5.91 Å². The summed E-state index contributed by atoms with van der Waals surface area (Å²) in [4.78, 5) is 34.0. The molecule has 5 rings (SSSR count). The van der Waals surface area contributed by atoms with Gasteiger partial charge < -0.3 is 15.1 Å². The summed E-state index contributed by atoms with van der Waals surface area (Å²) in [6.45, 7) is 2.88. The molecule has 1 aliphatic heterocycles. The van der Waals surface area contributed by atoms with Crippen LogP contribution in [0.25, 0.3) is 11.3 Å². The Balaban J connectivity index is 1.08. The maximum atomic E-state index is 12.8. The molecule has 9 heteroatoms. The van der Waals surface area contributed by atoms with Crippen LogP contribution in [0.4, 0.5) is 11.4 Å². The van der Waals surface area contributed by atoms with E-state index in [-0.39, 0.29) is 11.8 Å². The standard InChI is InChI=1S/C28H25BrN4O2S2/c29-22-8-6-21(7-9-22)27(35)33-16-14-32(15-17-33)24-12-10-23(11-13-24)30-26(34)19-37-28-31-25(18-36-28)20-4-2-1-3-5-20/h1-13,18H,14-17,19H2,(H,30,34). The van der Waals surface area contributed by atoms with Gasteiger partial charge in [-0.15, -0.1) is 11.3 Å². The van der Waals surface area contributed by atoms with E-state index < -0.39 is 0 Å². The van der Waals surface area contributed by atoms with E-state index in [1.165, 1.54) is 11.8 Å². The summed E-state index contributed by atoms with van der Waals surface area (Å²) < 4.78 is 1.84. The lowest BCUT2D eigenvalue weighted by Gasteiger charge is -2.36. The van der Waals surface area contributed by atoms with Gasteiger partial charge in [0.05, 0.1) is 11.4 Å². The number of aromatic nitrogens is 1. The summed E-state index contributed by atoms with van der Waals surface area (Å²) in [6, 6.07) is 25.4. The van der Waals surface area contributed by atoms with Crippen LogP contribution in [0.15, 0.2) is 93.1 Å². The lowest BCUT2D eigenvalue weighted by atomic mass is 10.1. The van der Waals surface area contributed by atoms with Gasteiger partial charge in [-0.05, 0) is 48.5 Å². The van der Waals surface area contributed by atoms with Crippen LogP contribution >= 0.6 is 39.0 Å².